The van der Waals surface area contributed by atoms with Crippen molar-refractivity contribution in [1.29, 1.82) is 0 Å². The highest BCUT2D eigenvalue weighted by Crippen LogP contribution is 2.36. The first kappa shape index (κ1) is 10.2. The molecular weight excluding hydrogens is 224 g/mol. The molecule has 2 N–H and O–H groups in total. The van der Waals surface area contributed by atoms with E-state index in [4.69, 9.17) is 19.9 Å². The first-order chi connectivity index (χ1) is 8.28. The number of carbonyl (C=O) groups excluding carboxylic acids is 1. The highest BCUT2D eigenvalue weighted by molar-refractivity contribution is 5.90. The van der Waals surface area contributed by atoms with Gasteiger partial charge in [-0.05, 0) is 12.1 Å². The van der Waals surface area contributed by atoms with E-state index in [-0.39, 0.29) is 19.0 Å². The van der Waals surface area contributed by atoms with E-state index >= 15 is 0 Å². The Morgan fingerprint density at radius 1 is 1.35 bits per heavy atom. The molecular formula is C11H12N2O4. The first-order valence-electron chi connectivity index (χ1n) is 5.36. The van der Waals surface area contributed by atoms with Gasteiger partial charge < -0.3 is 19.9 Å². The Bertz CT molecular complexity index is 463. The Balaban J connectivity index is 1.87. The van der Waals surface area contributed by atoms with Crippen LogP contribution in [0.25, 0.3) is 0 Å². The Morgan fingerprint density at radius 3 is 2.94 bits per heavy atom. The molecule has 3 rings (SSSR count). The maximum atomic E-state index is 11.6. The molecule has 1 aromatic rings. The van der Waals surface area contributed by atoms with Crippen molar-refractivity contribution in [3.8, 4) is 11.5 Å². The summed E-state index contributed by atoms with van der Waals surface area (Å²) >= 11 is 0. The number of rotatable bonds is 2. The molecule has 1 saturated heterocycles. The maximum Gasteiger partial charge on any atom is 0.414 e. The Kier molecular flexibility index (Phi) is 2.29. The third-order valence-corrected chi connectivity index (χ3v) is 2.80. The number of hydrogen-bond acceptors (Lipinski definition) is 5. The lowest BCUT2D eigenvalue weighted by molar-refractivity contribution is 0.145. The third-order valence-electron chi connectivity index (χ3n) is 2.80. The van der Waals surface area contributed by atoms with Gasteiger partial charge in [0, 0.05) is 12.6 Å². The predicted octanol–water partition coefficient (Wildman–Crippen LogP) is 0.699. The van der Waals surface area contributed by atoms with Gasteiger partial charge in [0.1, 0.15) is 6.10 Å². The van der Waals surface area contributed by atoms with E-state index in [9.17, 15) is 4.79 Å². The Labute approximate surface area is 97.8 Å². The van der Waals surface area contributed by atoms with Crippen LogP contribution in [0.5, 0.6) is 11.5 Å². The Morgan fingerprint density at radius 2 is 2.18 bits per heavy atom. The number of ether oxygens (including phenoxy) is 3. The summed E-state index contributed by atoms with van der Waals surface area (Å²) in [6.07, 6.45) is -0.618. The second kappa shape index (κ2) is 3.81. The van der Waals surface area contributed by atoms with Gasteiger partial charge in [0.2, 0.25) is 6.79 Å². The van der Waals surface area contributed by atoms with Gasteiger partial charge in [-0.2, -0.15) is 0 Å². The fourth-order valence-corrected chi connectivity index (χ4v) is 1.91. The average Bonchev–Trinajstić information content (AvgIpc) is 2.93. The van der Waals surface area contributed by atoms with Gasteiger partial charge in [-0.15, -0.1) is 0 Å². The van der Waals surface area contributed by atoms with Crippen LogP contribution in [-0.2, 0) is 4.74 Å². The molecule has 0 unspecified atom stereocenters. The van der Waals surface area contributed by atoms with Crippen molar-refractivity contribution in [3.63, 3.8) is 0 Å². The molecule has 0 saturated carbocycles. The fraction of sp³-hybridized carbons (Fsp3) is 0.364. The van der Waals surface area contributed by atoms with E-state index in [0.717, 1.165) is 5.69 Å². The summed E-state index contributed by atoms with van der Waals surface area (Å²) < 4.78 is 15.6. The zero-order valence-corrected chi connectivity index (χ0v) is 9.09. The van der Waals surface area contributed by atoms with Crippen LogP contribution in [0.3, 0.4) is 0 Å². The second-order valence-electron chi connectivity index (χ2n) is 3.89. The van der Waals surface area contributed by atoms with Crippen LogP contribution in [0.1, 0.15) is 0 Å². The molecule has 0 spiro atoms. The maximum absolute atomic E-state index is 11.6. The molecule has 2 aliphatic rings. The van der Waals surface area contributed by atoms with E-state index in [0.29, 0.717) is 24.6 Å². The molecule has 1 amide bonds. The van der Waals surface area contributed by atoms with Gasteiger partial charge in [-0.1, -0.05) is 0 Å². The van der Waals surface area contributed by atoms with E-state index < -0.39 is 0 Å². The average molecular weight is 236 g/mol. The topological polar surface area (TPSA) is 74.0 Å². The van der Waals surface area contributed by atoms with Crippen molar-refractivity contribution in [2.24, 2.45) is 5.73 Å². The molecule has 2 aliphatic heterocycles. The molecule has 0 aromatic heterocycles. The molecule has 17 heavy (non-hydrogen) atoms. The van der Waals surface area contributed by atoms with E-state index in [1.54, 1.807) is 23.1 Å². The number of hydrogen-bond donors (Lipinski definition) is 1. The number of nitrogens with two attached hydrogens (primary N) is 1. The molecule has 1 aromatic carbocycles. The molecule has 2 heterocycles. The summed E-state index contributed by atoms with van der Waals surface area (Å²) in [6.45, 7) is 1.01. The smallest absolute Gasteiger partial charge is 0.414 e. The largest absolute Gasteiger partial charge is 0.454 e. The summed E-state index contributed by atoms with van der Waals surface area (Å²) in [4.78, 5) is 13.2. The zero-order valence-electron chi connectivity index (χ0n) is 9.09. The summed E-state index contributed by atoms with van der Waals surface area (Å²) in [6, 6.07) is 5.34. The van der Waals surface area contributed by atoms with Crippen molar-refractivity contribution in [2.45, 2.75) is 6.10 Å². The highest BCUT2D eigenvalue weighted by Gasteiger charge is 2.32. The van der Waals surface area contributed by atoms with Crippen LogP contribution in [-0.4, -0.2) is 32.1 Å². The number of fused-ring (bicyclic) bond motifs is 1. The van der Waals surface area contributed by atoms with E-state index in [1.165, 1.54) is 0 Å². The minimum absolute atomic E-state index is 0.217. The van der Waals surface area contributed by atoms with E-state index in [1.807, 2.05) is 0 Å². The van der Waals surface area contributed by atoms with Gasteiger partial charge in [-0.25, -0.2) is 4.79 Å². The van der Waals surface area contributed by atoms with Crippen LogP contribution < -0.4 is 20.1 Å². The van der Waals surface area contributed by atoms with Gasteiger partial charge in [-0.3, -0.25) is 4.90 Å². The quantitative estimate of drug-likeness (QED) is 0.818. The molecule has 0 bridgehead atoms. The lowest BCUT2D eigenvalue weighted by atomic mass is 10.2. The van der Waals surface area contributed by atoms with Gasteiger partial charge in [0.05, 0.1) is 12.2 Å². The van der Waals surface area contributed by atoms with Gasteiger partial charge in [0.15, 0.2) is 11.5 Å². The van der Waals surface area contributed by atoms with Crippen molar-refractivity contribution >= 4 is 11.8 Å². The normalized spacial score (nSPS) is 21.8. The lowest BCUT2D eigenvalue weighted by Gasteiger charge is -2.13. The summed E-state index contributed by atoms with van der Waals surface area (Å²) in [7, 11) is 0. The number of amides is 1. The monoisotopic (exact) mass is 236 g/mol. The van der Waals surface area contributed by atoms with Gasteiger partial charge >= 0.3 is 6.09 Å². The molecule has 90 valence electrons. The summed E-state index contributed by atoms with van der Waals surface area (Å²) in [5.41, 5.74) is 6.21. The fourth-order valence-electron chi connectivity index (χ4n) is 1.91. The van der Waals surface area contributed by atoms with Gasteiger partial charge in [0.25, 0.3) is 0 Å². The predicted molar refractivity (Wildman–Crippen MR) is 59.2 cm³/mol. The van der Waals surface area contributed by atoms with Crippen molar-refractivity contribution in [1.82, 2.24) is 0 Å². The molecule has 1 atom stereocenters. The summed E-state index contributed by atoms with van der Waals surface area (Å²) in [5.74, 6) is 1.34. The number of nitrogens with zero attached hydrogens (tertiary/aromatic N) is 1. The van der Waals surface area contributed by atoms with Crippen LogP contribution in [0.15, 0.2) is 18.2 Å². The molecule has 6 nitrogen and oxygen atoms in total. The number of cyclic esters (lactones) is 1. The first-order valence-corrected chi connectivity index (χ1v) is 5.36. The molecule has 0 aliphatic carbocycles. The molecule has 0 radical (unpaired) electrons. The third kappa shape index (κ3) is 1.66. The minimum atomic E-state index is -0.376. The summed E-state index contributed by atoms with van der Waals surface area (Å²) in [5, 5.41) is 0. The van der Waals surface area contributed by atoms with Crippen LogP contribution >= 0.6 is 0 Å². The van der Waals surface area contributed by atoms with Crippen LogP contribution in [0, 0.1) is 0 Å². The van der Waals surface area contributed by atoms with Crippen LogP contribution in [0.4, 0.5) is 10.5 Å². The van der Waals surface area contributed by atoms with Crippen LogP contribution in [0.2, 0.25) is 0 Å². The number of benzene rings is 1. The van der Waals surface area contributed by atoms with Crippen molar-refractivity contribution < 1.29 is 19.0 Å². The highest BCUT2D eigenvalue weighted by atomic mass is 16.7. The number of anilines is 1. The van der Waals surface area contributed by atoms with Crippen molar-refractivity contribution in [2.75, 3.05) is 24.8 Å². The van der Waals surface area contributed by atoms with E-state index in [2.05, 4.69) is 0 Å². The zero-order chi connectivity index (χ0) is 11.8. The number of carbonyl (C=O) groups is 1. The second-order valence-corrected chi connectivity index (χ2v) is 3.89. The van der Waals surface area contributed by atoms with Crippen molar-refractivity contribution in [3.05, 3.63) is 18.2 Å². The minimum Gasteiger partial charge on any atom is -0.454 e. The standard InChI is InChI=1S/C11H12N2O4/c12-4-8-5-13(11(14)17-8)7-1-2-9-10(3-7)16-6-15-9/h1-3,8H,4-6,12H2/t8-/m0/s1. The Hall–Kier alpha value is -1.95. The SMILES string of the molecule is NC[C@H]1CN(c2ccc3c(c2)OCO3)C(=O)O1. The lowest BCUT2D eigenvalue weighted by Crippen LogP contribution is -2.27. The molecule has 1 fully saturated rings. The molecule has 6 heteroatoms.